The number of para-hydroxylation sites is 2. The molecule has 0 saturated carbocycles. The quantitative estimate of drug-likeness (QED) is 0.930. The summed E-state index contributed by atoms with van der Waals surface area (Å²) >= 11 is 0. The molecule has 2 bridgehead atoms. The maximum Gasteiger partial charge on any atom is 0.245 e. The first-order valence-corrected chi connectivity index (χ1v) is 8.49. The number of piperazine rings is 1. The minimum Gasteiger partial charge on any atom is -0.310 e. The molecule has 5 rings (SSSR count). The van der Waals surface area contributed by atoms with Crippen molar-refractivity contribution in [3.8, 4) is 0 Å². The van der Waals surface area contributed by atoms with Crippen LogP contribution >= 0.6 is 0 Å². The summed E-state index contributed by atoms with van der Waals surface area (Å²) < 4.78 is 2.07. The van der Waals surface area contributed by atoms with Crippen LogP contribution in [0.15, 0.2) is 24.3 Å². The van der Waals surface area contributed by atoms with E-state index in [-0.39, 0.29) is 11.9 Å². The van der Waals surface area contributed by atoms with Crippen LogP contribution in [0, 0.1) is 0 Å². The van der Waals surface area contributed by atoms with Crippen LogP contribution in [-0.4, -0.2) is 64.0 Å². The molecule has 122 valence electrons. The predicted molar refractivity (Wildman–Crippen MR) is 90.5 cm³/mol. The predicted octanol–water partition coefficient (Wildman–Crippen LogP) is 1.38. The van der Waals surface area contributed by atoms with E-state index in [1.54, 1.807) is 0 Å². The van der Waals surface area contributed by atoms with Gasteiger partial charge >= 0.3 is 0 Å². The van der Waals surface area contributed by atoms with Crippen molar-refractivity contribution in [1.82, 2.24) is 19.4 Å². The Hall–Kier alpha value is -1.92. The van der Waals surface area contributed by atoms with Crippen LogP contribution in [0.3, 0.4) is 0 Å². The summed E-state index contributed by atoms with van der Waals surface area (Å²) in [5.41, 5.74) is 1.99. The van der Waals surface area contributed by atoms with Gasteiger partial charge in [-0.3, -0.25) is 19.9 Å². The average Bonchev–Trinajstić information content (AvgIpc) is 2.72. The Kier molecular flexibility index (Phi) is 3.79. The van der Waals surface area contributed by atoms with Crippen LogP contribution in [0.5, 0.6) is 0 Å². The molecule has 3 saturated heterocycles. The van der Waals surface area contributed by atoms with Crippen molar-refractivity contribution in [3.63, 3.8) is 0 Å². The number of carbonyl (C=O) groups is 1. The highest BCUT2D eigenvalue weighted by Crippen LogP contribution is 2.21. The number of imidazole rings is 1. The van der Waals surface area contributed by atoms with E-state index in [0.29, 0.717) is 5.95 Å². The van der Waals surface area contributed by atoms with E-state index >= 15 is 0 Å². The van der Waals surface area contributed by atoms with E-state index in [9.17, 15) is 4.79 Å². The third-order valence-corrected chi connectivity index (χ3v) is 5.00. The normalized spacial score (nSPS) is 27.1. The number of amides is 1. The second-order valence-electron chi connectivity index (χ2n) is 6.36. The highest BCUT2D eigenvalue weighted by atomic mass is 16.2. The van der Waals surface area contributed by atoms with Gasteiger partial charge in [-0.25, -0.2) is 4.98 Å². The van der Waals surface area contributed by atoms with Crippen LogP contribution in [0.25, 0.3) is 11.0 Å². The van der Waals surface area contributed by atoms with Crippen molar-refractivity contribution in [3.05, 3.63) is 24.3 Å². The van der Waals surface area contributed by atoms with Gasteiger partial charge in [0.2, 0.25) is 11.9 Å². The first-order chi connectivity index (χ1) is 11.3. The number of rotatable bonds is 3. The van der Waals surface area contributed by atoms with Gasteiger partial charge in [-0.15, -0.1) is 0 Å². The number of aryl methyl sites for hydroxylation is 1. The van der Waals surface area contributed by atoms with E-state index in [1.807, 2.05) is 24.3 Å². The van der Waals surface area contributed by atoms with Crippen LogP contribution in [0.2, 0.25) is 0 Å². The van der Waals surface area contributed by atoms with Crippen LogP contribution < -0.4 is 5.32 Å². The molecule has 4 heterocycles. The van der Waals surface area contributed by atoms with E-state index in [2.05, 4.69) is 31.6 Å². The van der Waals surface area contributed by atoms with Gasteiger partial charge in [0.15, 0.2) is 0 Å². The molecule has 3 aliphatic heterocycles. The fourth-order valence-electron chi connectivity index (χ4n) is 3.78. The van der Waals surface area contributed by atoms with Crippen LogP contribution in [0.4, 0.5) is 5.95 Å². The molecule has 6 heteroatoms. The van der Waals surface area contributed by atoms with Crippen molar-refractivity contribution in [2.75, 3.05) is 38.0 Å². The lowest BCUT2D eigenvalue weighted by atomic mass is 10.2. The summed E-state index contributed by atoms with van der Waals surface area (Å²) in [7, 11) is 0. The summed E-state index contributed by atoms with van der Waals surface area (Å²) in [5.74, 6) is 0.733. The number of benzene rings is 1. The van der Waals surface area contributed by atoms with Crippen molar-refractivity contribution in [2.24, 2.45) is 0 Å². The van der Waals surface area contributed by atoms with Crippen molar-refractivity contribution in [1.29, 1.82) is 0 Å². The standard InChI is InChI=1S/C17H23N5O/c1-2-22-14-7-4-3-6-13(14)18-17(22)19-16(23)15-12-20-8-5-9-21(15)11-10-20/h3-4,6-7,15H,2,5,8-12H2,1H3,(H,18,19,23)/t15-/m1/s1. The van der Waals surface area contributed by atoms with E-state index in [4.69, 9.17) is 0 Å². The average molecular weight is 313 g/mol. The Labute approximate surface area is 136 Å². The molecular formula is C17H23N5O. The number of aromatic nitrogens is 2. The topological polar surface area (TPSA) is 53.4 Å². The molecular weight excluding hydrogens is 290 g/mol. The fourth-order valence-corrected chi connectivity index (χ4v) is 3.78. The summed E-state index contributed by atoms with van der Waals surface area (Å²) in [6, 6.07) is 7.95. The highest BCUT2D eigenvalue weighted by molar-refractivity contribution is 5.95. The maximum atomic E-state index is 12.8. The van der Waals surface area contributed by atoms with Gasteiger partial charge in [0.05, 0.1) is 11.0 Å². The number of nitrogens with one attached hydrogen (secondary N) is 1. The largest absolute Gasteiger partial charge is 0.310 e. The molecule has 3 fully saturated rings. The molecule has 23 heavy (non-hydrogen) atoms. The Morgan fingerprint density at radius 1 is 1.26 bits per heavy atom. The molecule has 3 atom stereocenters. The molecule has 2 aromatic rings. The number of nitrogens with zero attached hydrogens (tertiary/aromatic N) is 4. The lowest BCUT2D eigenvalue weighted by Crippen LogP contribution is -2.55. The molecule has 0 spiro atoms. The maximum absolute atomic E-state index is 12.8. The van der Waals surface area contributed by atoms with Gasteiger partial charge < -0.3 is 4.57 Å². The summed E-state index contributed by atoms with van der Waals surface area (Å²) in [6.45, 7) is 7.88. The summed E-state index contributed by atoms with van der Waals surface area (Å²) in [6.07, 6.45) is 1.15. The van der Waals surface area contributed by atoms with Gasteiger partial charge in [0, 0.05) is 32.7 Å². The van der Waals surface area contributed by atoms with E-state index in [0.717, 1.165) is 56.7 Å². The molecule has 1 aromatic heterocycles. The first-order valence-electron chi connectivity index (χ1n) is 8.49. The number of hydrogen-bond acceptors (Lipinski definition) is 4. The smallest absolute Gasteiger partial charge is 0.245 e. The SMILES string of the molecule is CCn1c(NC(=O)[C@H]2CN3CCCN2CC3)nc2ccccc21. The summed E-state index contributed by atoms with van der Waals surface area (Å²) in [5, 5.41) is 3.08. The number of carbonyl (C=O) groups excluding carboxylic acids is 1. The molecule has 0 radical (unpaired) electrons. The number of fused-ring (bicyclic) bond motifs is 5. The monoisotopic (exact) mass is 313 g/mol. The zero-order valence-corrected chi connectivity index (χ0v) is 13.5. The summed E-state index contributed by atoms with van der Waals surface area (Å²) in [4.78, 5) is 22.1. The Morgan fingerprint density at radius 2 is 2.13 bits per heavy atom. The Morgan fingerprint density at radius 3 is 3.00 bits per heavy atom. The van der Waals surface area contributed by atoms with Crippen molar-refractivity contribution in [2.45, 2.75) is 25.9 Å². The minimum absolute atomic E-state index is 0.0589. The molecule has 1 amide bonds. The zero-order valence-electron chi connectivity index (χ0n) is 13.5. The second-order valence-corrected chi connectivity index (χ2v) is 6.36. The van der Waals surface area contributed by atoms with Crippen LogP contribution in [-0.2, 0) is 11.3 Å². The molecule has 1 aromatic carbocycles. The van der Waals surface area contributed by atoms with Crippen molar-refractivity contribution >= 4 is 22.9 Å². The van der Waals surface area contributed by atoms with Crippen LogP contribution in [0.1, 0.15) is 13.3 Å². The third kappa shape index (κ3) is 2.62. The molecule has 1 N–H and O–H groups in total. The molecule has 0 aliphatic carbocycles. The van der Waals surface area contributed by atoms with Gasteiger partial charge in [0.1, 0.15) is 6.04 Å². The lowest BCUT2D eigenvalue weighted by molar-refractivity contribution is -0.122. The van der Waals surface area contributed by atoms with Gasteiger partial charge in [-0.1, -0.05) is 12.1 Å². The Bertz CT molecular complexity index is 721. The lowest BCUT2D eigenvalue weighted by Gasteiger charge is -2.36. The third-order valence-electron chi connectivity index (χ3n) is 5.00. The first kappa shape index (κ1) is 14.7. The van der Waals surface area contributed by atoms with Gasteiger partial charge in [-0.2, -0.15) is 0 Å². The van der Waals surface area contributed by atoms with E-state index in [1.165, 1.54) is 0 Å². The van der Waals surface area contributed by atoms with Gasteiger partial charge in [0.25, 0.3) is 0 Å². The second kappa shape index (κ2) is 5.94. The number of hydrogen-bond donors (Lipinski definition) is 1. The van der Waals surface area contributed by atoms with Gasteiger partial charge in [-0.05, 0) is 32.0 Å². The molecule has 2 unspecified atom stereocenters. The Balaban J connectivity index is 1.59. The minimum atomic E-state index is -0.0589. The molecule has 6 nitrogen and oxygen atoms in total. The molecule has 3 aliphatic rings. The van der Waals surface area contributed by atoms with Crippen molar-refractivity contribution < 1.29 is 4.79 Å². The highest BCUT2D eigenvalue weighted by Gasteiger charge is 2.34. The van der Waals surface area contributed by atoms with E-state index < -0.39 is 0 Å². The number of anilines is 1. The zero-order chi connectivity index (χ0) is 15.8. The fraction of sp³-hybridized carbons (Fsp3) is 0.529.